The van der Waals surface area contributed by atoms with Crippen LogP contribution in [0.4, 0.5) is 35.1 Å². The van der Waals surface area contributed by atoms with Crippen LogP contribution in [0.1, 0.15) is 113 Å². The standard InChI is InChI=1S/C24H22F4N2S.C24H20F4N2S/c2*1-3-4-5-18(12-16-6-7-19(14-29)21(25)13-16)22-15(2)30-23(31-22)17-8-10-20(11-9-17)24(26,27)28/h6-11,13,18H,3-5,12H2,1-2H3;6-13H,3-5H2,1-2H3/b;18-12+. The Labute approximate surface area is 363 Å². The molecule has 2 heterocycles. The van der Waals surface area contributed by atoms with Crippen LogP contribution in [-0.2, 0) is 18.8 Å². The van der Waals surface area contributed by atoms with Gasteiger partial charge in [0.15, 0.2) is 0 Å². The molecule has 0 aliphatic carbocycles. The van der Waals surface area contributed by atoms with E-state index in [4.69, 9.17) is 10.5 Å². The number of aryl methyl sites for hydroxylation is 2. The van der Waals surface area contributed by atoms with Crippen molar-refractivity contribution in [2.24, 2.45) is 0 Å². The first-order chi connectivity index (χ1) is 29.4. The Hall–Kier alpha value is -5.70. The van der Waals surface area contributed by atoms with Gasteiger partial charge in [-0.3, -0.25) is 0 Å². The Balaban J connectivity index is 0.000000234. The quantitative estimate of drug-likeness (QED) is 0.108. The van der Waals surface area contributed by atoms with Crippen LogP contribution in [0.3, 0.4) is 0 Å². The fourth-order valence-electron chi connectivity index (χ4n) is 6.70. The zero-order chi connectivity index (χ0) is 45.2. The monoisotopic (exact) mass is 890 g/mol. The van der Waals surface area contributed by atoms with Gasteiger partial charge in [0.05, 0.1) is 38.5 Å². The Morgan fingerprint density at radius 1 is 0.677 bits per heavy atom. The average Bonchev–Trinajstić information content (AvgIpc) is 3.83. The number of benzene rings is 4. The lowest BCUT2D eigenvalue weighted by Gasteiger charge is -2.16. The van der Waals surface area contributed by atoms with E-state index in [-0.39, 0.29) is 17.0 Å². The highest BCUT2D eigenvalue weighted by Gasteiger charge is 2.31. The SMILES string of the molecule is CCCC/C(=C\c1ccc(C#N)c(F)c1)c1sc(-c2ccc(C(F)(F)F)cc2)nc1C.CCCCC(Cc1ccc(C#N)c(F)c1)c1sc(-c2ccc(C(F)(F)F)cc2)nc1C. The molecule has 0 radical (unpaired) electrons. The fraction of sp³-hybridized carbons (Fsp3) is 0.292. The number of alkyl halides is 6. The zero-order valence-electron chi connectivity index (χ0n) is 34.3. The van der Waals surface area contributed by atoms with Crippen molar-refractivity contribution in [3.8, 4) is 33.3 Å². The summed E-state index contributed by atoms with van der Waals surface area (Å²) in [6, 6.07) is 22.8. The van der Waals surface area contributed by atoms with E-state index in [1.807, 2.05) is 32.1 Å². The molecule has 0 bridgehead atoms. The molecule has 0 aliphatic heterocycles. The van der Waals surface area contributed by atoms with Crippen molar-refractivity contribution in [3.63, 3.8) is 0 Å². The van der Waals surface area contributed by atoms with Crippen LogP contribution in [0.25, 0.3) is 32.8 Å². The van der Waals surface area contributed by atoms with Gasteiger partial charge < -0.3 is 0 Å². The Morgan fingerprint density at radius 3 is 1.69 bits per heavy atom. The van der Waals surface area contributed by atoms with Crippen molar-refractivity contribution in [2.45, 2.75) is 90.9 Å². The van der Waals surface area contributed by atoms with Crippen molar-refractivity contribution >= 4 is 34.3 Å². The Kier molecular flexibility index (Phi) is 16.0. The minimum atomic E-state index is -4.38. The number of halogens is 8. The summed E-state index contributed by atoms with van der Waals surface area (Å²) >= 11 is 2.89. The van der Waals surface area contributed by atoms with E-state index in [2.05, 4.69) is 23.8 Å². The third kappa shape index (κ3) is 12.2. The van der Waals surface area contributed by atoms with Crippen LogP contribution in [0, 0.1) is 48.1 Å². The molecule has 0 spiro atoms. The number of hydrogen-bond acceptors (Lipinski definition) is 6. The van der Waals surface area contributed by atoms with Crippen molar-refractivity contribution in [3.05, 3.63) is 151 Å². The maximum absolute atomic E-state index is 14.1. The summed E-state index contributed by atoms with van der Waals surface area (Å²) in [7, 11) is 0. The molecule has 0 saturated carbocycles. The van der Waals surface area contributed by atoms with Crippen LogP contribution < -0.4 is 0 Å². The number of hydrogen-bond donors (Lipinski definition) is 0. The summed E-state index contributed by atoms with van der Waals surface area (Å²) in [5, 5.41) is 19.2. The molecule has 0 fully saturated rings. The maximum atomic E-state index is 14.1. The fourth-order valence-corrected chi connectivity index (χ4v) is 9.02. The van der Waals surface area contributed by atoms with Gasteiger partial charge in [0.2, 0.25) is 0 Å². The molecule has 62 heavy (non-hydrogen) atoms. The summed E-state index contributed by atoms with van der Waals surface area (Å²) in [6.07, 6.45) is -0.687. The average molecular weight is 891 g/mol. The van der Waals surface area contributed by atoms with Gasteiger partial charge in [-0.15, -0.1) is 22.7 Å². The van der Waals surface area contributed by atoms with E-state index < -0.39 is 35.1 Å². The lowest BCUT2D eigenvalue weighted by molar-refractivity contribution is -0.138. The first-order valence-corrected chi connectivity index (χ1v) is 21.5. The van der Waals surface area contributed by atoms with Crippen LogP contribution >= 0.6 is 22.7 Å². The Bertz CT molecular complexity index is 2570. The van der Waals surface area contributed by atoms with Gasteiger partial charge in [-0.05, 0) is 111 Å². The minimum absolute atomic E-state index is 0.00850. The van der Waals surface area contributed by atoms with Gasteiger partial charge in [-0.1, -0.05) is 75.6 Å². The number of thiazole rings is 2. The van der Waals surface area contributed by atoms with E-state index >= 15 is 0 Å². The second-order valence-corrected chi connectivity index (χ2v) is 16.7. The number of nitriles is 2. The summed E-state index contributed by atoms with van der Waals surface area (Å²) in [6.45, 7) is 7.94. The zero-order valence-corrected chi connectivity index (χ0v) is 35.9. The highest BCUT2D eigenvalue weighted by atomic mass is 32.1. The number of aromatic nitrogens is 2. The molecule has 2 aromatic heterocycles. The molecule has 1 unspecified atom stereocenters. The van der Waals surface area contributed by atoms with Crippen molar-refractivity contribution in [1.29, 1.82) is 10.5 Å². The van der Waals surface area contributed by atoms with E-state index in [1.165, 1.54) is 71.2 Å². The minimum Gasteiger partial charge on any atom is -0.241 e. The maximum Gasteiger partial charge on any atom is 0.416 e. The molecular formula is C48H42F8N4S2. The van der Waals surface area contributed by atoms with Crippen molar-refractivity contribution in [1.82, 2.24) is 9.97 Å². The van der Waals surface area contributed by atoms with Gasteiger partial charge in [0.1, 0.15) is 33.8 Å². The van der Waals surface area contributed by atoms with E-state index in [1.54, 1.807) is 12.1 Å². The highest BCUT2D eigenvalue weighted by molar-refractivity contribution is 7.16. The molecular weight excluding hydrogens is 849 g/mol. The summed E-state index contributed by atoms with van der Waals surface area (Å²) in [5.41, 5.74) is 3.94. The molecule has 0 amide bonds. The van der Waals surface area contributed by atoms with Gasteiger partial charge in [0, 0.05) is 16.0 Å². The third-order valence-corrected chi connectivity index (χ3v) is 12.7. The lowest BCUT2D eigenvalue weighted by Crippen LogP contribution is -2.04. The molecule has 0 aliphatic rings. The van der Waals surface area contributed by atoms with E-state index in [9.17, 15) is 35.1 Å². The smallest absolute Gasteiger partial charge is 0.241 e. The predicted octanol–water partition coefficient (Wildman–Crippen LogP) is 15.5. The first-order valence-electron chi connectivity index (χ1n) is 19.8. The molecule has 0 saturated heterocycles. The molecule has 4 aromatic carbocycles. The van der Waals surface area contributed by atoms with E-state index in [0.29, 0.717) is 33.1 Å². The molecule has 0 N–H and O–H groups in total. The summed E-state index contributed by atoms with van der Waals surface area (Å²) < 4.78 is 105. The van der Waals surface area contributed by atoms with Crippen molar-refractivity contribution < 1.29 is 35.1 Å². The first kappa shape index (κ1) is 47.4. The highest BCUT2D eigenvalue weighted by Crippen LogP contribution is 2.40. The molecule has 1 atom stereocenters. The van der Waals surface area contributed by atoms with Gasteiger partial charge in [0.25, 0.3) is 0 Å². The second kappa shape index (κ2) is 20.9. The van der Waals surface area contributed by atoms with Crippen LogP contribution in [0.2, 0.25) is 0 Å². The third-order valence-electron chi connectivity index (χ3n) is 10.0. The predicted molar refractivity (Wildman–Crippen MR) is 230 cm³/mol. The number of unbranched alkanes of at least 4 members (excludes halogenated alkanes) is 2. The van der Waals surface area contributed by atoms with Gasteiger partial charge in [-0.2, -0.15) is 36.9 Å². The molecule has 6 aromatic rings. The largest absolute Gasteiger partial charge is 0.416 e. The molecule has 322 valence electrons. The number of rotatable bonds is 13. The van der Waals surface area contributed by atoms with Gasteiger partial charge >= 0.3 is 12.4 Å². The summed E-state index contributed by atoms with van der Waals surface area (Å²) in [5.74, 6) is -0.980. The molecule has 14 heteroatoms. The van der Waals surface area contributed by atoms with E-state index in [0.717, 1.165) is 95.1 Å². The normalized spacial score (nSPS) is 12.3. The second-order valence-electron chi connectivity index (χ2n) is 14.6. The van der Waals surface area contributed by atoms with Crippen molar-refractivity contribution in [2.75, 3.05) is 0 Å². The number of nitrogens with zero attached hydrogens (tertiary/aromatic N) is 4. The van der Waals surface area contributed by atoms with Gasteiger partial charge in [-0.25, -0.2) is 18.7 Å². The Morgan fingerprint density at radius 2 is 1.19 bits per heavy atom. The molecule has 6 rings (SSSR count). The topological polar surface area (TPSA) is 73.4 Å². The van der Waals surface area contributed by atoms with Crippen LogP contribution in [0.15, 0.2) is 84.9 Å². The van der Waals surface area contributed by atoms with Crippen LogP contribution in [0.5, 0.6) is 0 Å². The van der Waals surface area contributed by atoms with Crippen LogP contribution in [-0.4, -0.2) is 9.97 Å². The number of allylic oxidation sites excluding steroid dienone is 1. The lowest BCUT2D eigenvalue weighted by atomic mass is 9.91. The summed E-state index contributed by atoms with van der Waals surface area (Å²) in [4.78, 5) is 11.2. The molecule has 4 nitrogen and oxygen atoms in total.